The van der Waals surface area contributed by atoms with E-state index in [1.165, 1.54) is 11.3 Å². The van der Waals surface area contributed by atoms with Crippen LogP contribution in [0.4, 0.5) is 10.5 Å². The zero-order valence-electron chi connectivity index (χ0n) is 17.5. The van der Waals surface area contributed by atoms with Crippen molar-refractivity contribution in [2.75, 3.05) is 31.7 Å². The Morgan fingerprint density at radius 1 is 1.17 bits per heavy atom. The lowest BCUT2D eigenvalue weighted by atomic mass is 10.1. The summed E-state index contributed by atoms with van der Waals surface area (Å²) in [5.74, 6) is -0.446. The molecule has 8 heteroatoms. The van der Waals surface area contributed by atoms with Gasteiger partial charge in [0.1, 0.15) is 5.01 Å². The number of carbonyl (C=O) groups excluding carboxylic acids is 2. The van der Waals surface area contributed by atoms with E-state index in [0.29, 0.717) is 44.3 Å². The molecule has 2 aromatic rings. The molecule has 158 valence electrons. The van der Waals surface area contributed by atoms with E-state index >= 15 is 0 Å². The van der Waals surface area contributed by atoms with Crippen molar-refractivity contribution in [1.82, 2.24) is 9.88 Å². The van der Waals surface area contributed by atoms with Crippen molar-refractivity contribution in [3.05, 3.63) is 45.4 Å². The van der Waals surface area contributed by atoms with Crippen LogP contribution in [-0.2, 0) is 16.0 Å². The fourth-order valence-electron chi connectivity index (χ4n) is 2.80. The number of hydrogen-bond donors (Lipinski definition) is 1. The van der Waals surface area contributed by atoms with E-state index in [1.54, 1.807) is 17.2 Å². The molecule has 2 amide bonds. The van der Waals surface area contributed by atoms with E-state index in [-0.39, 0.29) is 11.7 Å². The number of amides is 2. The first-order chi connectivity index (χ1) is 14.0. The quantitative estimate of drug-likeness (QED) is 0.456. The zero-order valence-corrected chi connectivity index (χ0v) is 18.3. The normalized spacial score (nSPS) is 10.6. The largest absolute Gasteiger partial charge is 0.461 e. The number of anilines is 1. The number of aromatic nitrogens is 1. The number of nitrogens with zero attached hydrogens (tertiary/aromatic N) is 2. The fourth-order valence-corrected chi connectivity index (χ4v) is 3.58. The number of benzene rings is 1. The van der Waals surface area contributed by atoms with Gasteiger partial charge in [-0.15, -0.1) is 11.3 Å². The molecule has 0 aliphatic heterocycles. The third kappa shape index (κ3) is 6.83. The van der Waals surface area contributed by atoms with Gasteiger partial charge in [-0.1, -0.05) is 18.2 Å². The minimum Gasteiger partial charge on any atom is -0.461 e. The molecule has 0 saturated heterocycles. The van der Waals surface area contributed by atoms with Gasteiger partial charge >= 0.3 is 12.0 Å². The van der Waals surface area contributed by atoms with E-state index < -0.39 is 5.97 Å². The van der Waals surface area contributed by atoms with Gasteiger partial charge in [0.2, 0.25) is 0 Å². The van der Waals surface area contributed by atoms with Crippen molar-refractivity contribution in [3.8, 4) is 0 Å². The second kappa shape index (κ2) is 11.5. The third-order valence-corrected chi connectivity index (χ3v) is 5.12. The zero-order chi connectivity index (χ0) is 21.2. The topological polar surface area (TPSA) is 80.8 Å². The maximum absolute atomic E-state index is 13.0. The molecule has 0 saturated carbocycles. The first-order valence-corrected chi connectivity index (χ1v) is 10.7. The summed E-state index contributed by atoms with van der Waals surface area (Å²) in [5, 5.41) is 5.36. The molecule has 0 radical (unpaired) electrons. The molecule has 0 aliphatic rings. The highest BCUT2D eigenvalue weighted by Gasteiger charge is 2.19. The standard InChI is InChI=1S/C21H29N3O4S/c1-5-27-12-8-11-24(13-18-22-17(14-29-18)20(25)28-6-2)21(26)23-19-15(3)9-7-10-16(19)4/h7,9-10,14H,5-6,8,11-13H2,1-4H3,(H,23,26). The summed E-state index contributed by atoms with van der Waals surface area (Å²) in [6.45, 7) is 9.98. The van der Waals surface area contributed by atoms with Gasteiger partial charge in [-0.05, 0) is 45.2 Å². The first kappa shape index (κ1) is 22.8. The summed E-state index contributed by atoms with van der Waals surface area (Å²) in [7, 11) is 0. The molecule has 7 nitrogen and oxygen atoms in total. The van der Waals surface area contributed by atoms with E-state index in [1.807, 2.05) is 39.0 Å². The average Bonchev–Trinajstić information content (AvgIpc) is 3.16. The van der Waals surface area contributed by atoms with Crippen molar-refractivity contribution in [3.63, 3.8) is 0 Å². The van der Waals surface area contributed by atoms with Crippen molar-refractivity contribution in [1.29, 1.82) is 0 Å². The number of thiazole rings is 1. The van der Waals surface area contributed by atoms with Crippen LogP contribution in [0.15, 0.2) is 23.6 Å². The van der Waals surface area contributed by atoms with Crippen LogP contribution < -0.4 is 5.32 Å². The van der Waals surface area contributed by atoms with Crippen LogP contribution in [0.5, 0.6) is 0 Å². The van der Waals surface area contributed by atoms with E-state index in [0.717, 1.165) is 16.8 Å². The van der Waals surface area contributed by atoms with Gasteiger partial charge in [0, 0.05) is 30.8 Å². The number of rotatable bonds is 10. The molecule has 1 N–H and O–H groups in total. The molecule has 0 bridgehead atoms. The minimum absolute atomic E-state index is 0.202. The van der Waals surface area contributed by atoms with Crippen LogP contribution in [0.3, 0.4) is 0 Å². The Morgan fingerprint density at radius 3 is 2.55 bits per heavy atom. The molecule has 1 aromatic heterocycles. The smallest absolute Gasteiger partial charge is 0.357 e. The Labute approximate surface area is 176 Å². The lowest BCUT2D eigenvalue weighted by Crippen LogP contribution is -2.36. The summed E-state index contributed by atoms with van der Waals surface area (Å²) >= 11 is 1.34. The monoisotopic (exact) mass is 419 g/mol. The van der Waals surface area contributed by atoms with Crippen molar-refractivity contribution < 1.29 is 19.1 Å². The first-order valence-electron chi connectivity index (χ1n) is 9.77. The summed E-state index contributed by atoms with van der Waals surface area (Å²) in [6, 6.07) is 5.70. The number of para-hydroxylation sites is 1. The molecule has 0 spiro atoms. The molecule has 29 heavy (non-hydrogen) atoms. The lowest BCUT2D eigenvalue weighted by molar-refractivity contribution is 0.0520. The molecule has 0 unspecified atom stereocenters. The Morgan fingerprint density at radius 2 is 1.90 bits per heavy atom. The Hall–Kier alpha value is -2.45. The molecule has 2 rings (SSSR count). The Bertz CT molecular complexity index is 802. The summed E-state index contributed by atoms with van der Waals surface area (Å²) in [4.78, 5) is 30.9. The summed E-state index contributed by atoms with van der Waals surface area (Å²) in [5.41, 5.74) is 3.10. The lowest BCUT2D eigenvalue weighted by Gasteiger charge is -2.23. The van der Waals surface area contributed by atoms with E-state index in [4.69, 9.17) is 9.47 Å². The van der Waals surface area contributed by atoms with Gasteiger partial charge in [-0.2, -0.15) is 0 Å². The summed E-state index contributed by atoms with van der Waals surface area (Å²) < 4.78 is 10.4. The number of urea groups is 1. The highest BCUT2D eigenvalue weighted by Crippen LogP contribution is 2.21. The van der Waals surface area contributed by atoms with Gasteiger partial charge in [0.15, 0.2) is 5.69 Å². The average molecular weight is 420 g/mol. The highest BCUT2D eigenvalue weighted by atomic mass is 32.1. The van der Waals surface area contributed by atoms with E-state index in [2.05, 4.69) is 10.3 Å². The number of aryl methyl sites for hydroxylation is 2. The van der Waals surface area contributed by atoms with Crippen LogP contribution in [0.25, 0.3) is 0 Å². The number of nitrogens with one attached hydrogen (secondary N) is 1. The van der Waals surface area contributed by atoms with Gasteiger partial charge < -0.3 is 19.7 Å². The van der Waals surface area contributed by atoms with Crippen molar-refractivity contribution >= 4 is 29.0 Å². The van der Waals surface area contributed by atoms with Crippen LogP contribution >= 0.6 is 11.3 Å². The number of hydrogen-bond acceptors (Lipinski definition) is 6. The highest BCUT2D eigenvalue weighted by molar-refractivity contribution is 7.09. The number of ether oxygens (including phenoxy) is 2. The van der Waals surface area contributed by atoms with Gasteiger partial charge in [0.05, 0.1) is 13.2 Å². The Kier molecular flexibility index (Phi) is 9.08. The predicted octanol–water partition coefficient (Wildman–Crippen LogP) is 4.40. The SMILES string of the molecule is CCOCCCN(Cc1nc(C(=O)OCC)cs1)C(=O)Nc1c(C)cccc1C. The van der Waals surface area contributed by atoms with Crippen LogP contribution in [0.2, 0.25) is 0 Å². The molecule has 1 aromatic carbocycles. The van der Waals surface area contributed by atoms with Crippen LogP contribution in [0.1, 0.15) is 46.9 Å². The summed E-state index contributed by atoms with van der Waals surface area (Å²) in [6.07, 6.45) is 0.712. The molecular weight excluding hydrogens is 390 g/mol. The predicted molar refractivity (Wildman–Crippen MR) is 115 cm³/mol. The molecular formula is C21H29N3O4S. The van der Waals surface area contributed by atoms with Crippen LogP contribution in [-0.4, -0.2) is 48.2 Å². The van der Waals surface area contributed by atoms with Crippen molar-refractivity contribution in [2.45, 2.75) is 40.7 Å². The van der Waals surface area contributed by atoms with Gasteiger partial charge in [-0.25, -0.2) is 14.6 Å². The number of carbonyl (C=O) groups is 2. The second-order valence-electron chi connectivity index (χ2n) is 6.52. The van der Waals surface area contributed by atoms with Crippen LogP contribution in [0, 0.1) is 13.8 Å². The second-order valence-corrected chi connectivity index (χ2v) is 7.46. The van der Waals surface area contributed by atoms with E-state index in [9.17, 15) is 9.59 Å². The fraction of sp³-hybridized carbons (Fsp3) is 0.476. The Balaban J connectivity index is 2.11. The molecule has 0 atom stereocenters. The van der Waals surface area contributed by atoms with Gasteiger partial charge in [-0.3, -0.25) is 0 Å². The molecule has 0 aliphatic carbocycles. The maximum atomic E-state index is 13.0. The number of esters is 1. The van der Waals surface area contributed by atoms with Gasteiger partial charge in [0.25, 0.3) is 0 Å². The van der Waals surface area contributed by atoms with Crippen molar-refractivity contribution in [2.24, 2.45) is 0 Å². The maximum Gasteiger partial charge on any atom is 0.357 e. The molecule has 0 fully saturated rings. The minimum atomic E-state index is -0.446. The molecule has 1 heterocycles. The third-order valence-electron chi connectivity index (χ3n) is 4.28.